The Kier molecular flexibility index (Phi) is 4.19. The van der Waals surface area contributed by atoms with E-state index in [1.165, 1.54) is 11.3 Å². The largest absolute Gasteiger partial charge is 0.296 e. The van der Waals surface area contributed by atoms with Gasteiger partial charge in [0, 0.05) is 22.5 Å². The average molecular weight is 347 g/mol. The van der Waals surface area contributed by atoms with Crippen molar-refractivity contribution in [2.75, 3.05) is 5.32 Å². The van der Waals surface area contributed by atoms with Crippen molar-refractivity contribution in [2.45, 2.75) is 13.8 Å². The van der Waals surface area contributed by atoms with Crippen molar-refractivity contribution in [3.05, 3.63) is 51.6 Å². The van der Waals surface area contributed by atoms with Gasteiger partial charge in [-0.25, -0.2) is 4.98 Å². The maximum atomic E-state index is 12.4. The van der Waals surface area contributed by atoms with E-state index in [-0.39, 0.29) is 5.91 Å². The fourth-order valence-electron chi connectivity index (χ4n) is 2.13. The Bertz CT molecular complexity index is 847. The lowest BCUT2D eigenvalue weighted by Crippen LogP contribution is -2.15. The van der Waals surface area contributed by atoms with E-state index in [1.807, 2.05) is 26.0 Å². The lowest BCUT2D eigenvalue weighted by atomic mass is 10.1. The second-order valence-corrected chi connectivity index (χ2v) is 6.80. The van der Waals surface area contributed by atoms with Crippen molar-refractivity contribution in [1.82, 2.24) is 14.8 Å². The van der Waals surface area contributed by atoms with Crippen molar-refractivity contribution >= 4 is 34.0 Å². The number of aromatic nitrogens is 3. The van der Waals surface area contributed by atoms with Crippen LogP contribution in [0, 0.1) is 13.8 Å². The summed E-state index contributed by atoms with van der Waals surface area (Å²) in [6, 6.07) is 9.10. The Labute approximate surface area is 142 Å². The summed E-state index contributed by atoms with van der Waals surface area (Å²) < 4.78 is 1.56. The predicted molar refractivity (Wildman–Crippen MR) is 93.2 cm³/mol. The Morgan fingerprint density at radius 1 is 1.26 bits per heavy atom. The number of halogens is 1. The number of carbonyl (C=O) groups excluding carboxylic acids is 1. The van der Waals surface area contributed by atoms with Gasteiger partial charge in [0.05, 0.1) is 11.4 Å². The highest BCUT2D eigenvalue weighted by molar-refractivity contribution is 7.15. The first kappa shape index (κ1) is 15.7. The number of rotatable bonds is 3. The molecule has 0 radical (unpaired) electrons. The topological polar surface area (TPSA) is 59.8 Å². The van der Waals surface area contributed by atoms with Crippen LogP contribution in [0.3, 0.4) is 0 Å². The Balaban J connectivity index is 1.85. The van der Waals surface area contributed by atoms with Gasteiger partial charge >= 0.3 is 0 Å². The standard InChI is InChI=1S/C16H15ClN4OS/c1-9-10(2)23-16(18-9)19-15(22)14-8-13(20-21(14)3)11-4-6-12(17)7-5-11/h4-8H,1-3H3,(H,18,19,22). The second-order valence-electron chi connectivity index (χ2n) is 5.16. The molecule has 0 aliphatic carbocycles. The van der Waals surface area contributed by atoms with E-state index >= 15 is 0 Å². The first-order valence-electron chi connectivity index (χ1n) is 6.99. The molecular weight excluding hydrogens is 332 g/mol. The fraction of sp³-hybridized carbons (Fsp3) is 0.188. The van der Waals surface area contributed by atoms with Crippen LogP contribution in [0.2, 0.25) is 5.02 Å². The lowest BCUT2D eigenvalue weighted by Gasteiger charge is -2.00. The molecular formula is C16H15ClN4OS. The zero-order chi connectivity index (χ0) is 16.6. The highest BCUT2D eigenvalue weighted by Crippen LogP contribution is 2.24. The van der Waals surface area contributed by atoms with E-state index in [0.717, 1.165) is 21.8 Å². The van der Waals surface area contributed by atoms with Gasteiger partial charge in [0.1, 0.15) is 5.69 Å². The van der Waals surface area contributed by atoms with Gasteiger partial charge in [0.2, 0.25) is 0 Å². The Morgan fingerprint density at radius 2 is 1.96 bits per heavy atom. The first-order chi connectivity index (χ1) is 10.9. The molecule has 1 amide bonds. The third-order valence-electron chi connectivity index (χ3n) is 3.50. The zero-order valence-corrected chi connectivity index (χ0v) is 14.5. The van der Waals surface area contributed by atoms with E-state index in [9.17, 15) is 4.79 Å². The van der Waals surface area contributed by atoms with Crippen LogP contribution in [0.15, 0.2) is 30.3 Å². The van der Waals surface area contributed by atoms with Gasteiger partial charge in [0.25, 0.3) is 5.91 Å². The van der Waals surface area contributed by atoms with Gasteiger partial charge in [0.15, 0.2) is 5.13 Å². The van der Waals surface area contributed by atoms with Crippen LogP contribution in [0.1, 0.15) is 21.1 Å². The number of nitrogens with zero attached hydrogens (tertiary/aromatic N) is 3. The molecule has 0 saturated heterocycles. The van der Waals surface area contributed by atoms with E-state index in [0.29, 0.717) is 15.8 Å². The van der Waals surface area contributed by atoms with Crippen molar-refractivity contribution < 1.29 is 4.79 Å². The molecule has 2 aromatic heterocycles. The Hall–Kier alpha value is -2.18. The summed E-state index contributed by atoms with van der Waals surface area (Å²) in [5.74, 6) is -0.228. The highest BCUT2D eigenvalue weighted by atomic mass is 35.5. The second kappa shape index (κ2) is 6.14. The van der Waals surface area contributed by atoms with Crippen LogP contribution >= 0.6 is 22.9 Å². The smallest absolute Gasteiger partial charge is 0.275 e. The molecule has 23 heavy (non-hydrogen) atoms. The minimum Gasteiger partial charge on any atom is -0.296 e. The predicted octanol–water partition coefficient (Wildman–Crippen LogP) is 4.07. The molecule has 0 unspecified atom stereocenters. The summed E-state index contributed by atoms with van der Waals surface area (Å²) >= 11 is 7.36. The highest BCUT2D eigenvalue weighted by Gasteiger charge is 2.16. The van der Waals surface area contributed by atoms with Crippen LogP contribution in [0.25, 0.3) is 11.3 Å². The number of anilines is 1. The summed E-state index contributed by atoms with van der Waals surface area (Å²) in [4.78, 5) is 17.8. The van der Waals surface area contributed by atoms with Crippen molar-refractivity contribution in [3.8, 4) is 11.3 Å². The summed E-state index contributed by atoms with van der Waals surface area (Å²) in [6.45, 7) is 3.90. The van der Waals surface area contributed by atoms with Gasteiger partial charge < -0.3 is 0 Å². The van der Waals surface area contributed by atoms with Gasteiger partial charge in [-0.15, -0.1) is 11.3 Å². The monoisotopic (exact) mass is 346 g/mol. The molecule has 7 heteroatoms. The SMILES string of the molecule is Cc1nc(NC(=O)c2cc(-c3ccc(Cl)cc3)nn2C)sc1C. The summed E-state index contributed by atoms with van der Waals surface area (Å²) in [6.07, 6.45) is 0. The van der Waals surface area contributed by atoms with Crippen LogP contribution in [-0.4, -0.2) is 20.7 Å². The lowest BCUT2D eigenvalue weighted by molar-refractivity contribution is 0.101. The maximum Gasteiger partial charge on any atom is 0.275 e. The number of hydrogen-bond acceptors (Lipinski definition) is 4. The van der Waals surface area contributed by atoms with Crippen LogP contribution < -0.4 is 5.32 Å². The molecule has 3 rings (SSSR count). The molecule has 0 fully saturated rings. The molecule has 0 bridgehead atoms. The number of hydrogen-bond donors (Lipinski definition) is 1. The minimum atomic E-state index is -0.228. The summed E-state index contributed by atoms with van der Waals surface area (Å²) in [5, 5.41) is 8.47. The third-order valence-corrected chi connectivity index (χ3v) is 4.74. The molecule has 0 aliphatic rings. The van der Waals surface area contributed by atoms with E-state index < -0.39 is 0 Å². The minimum absolute atomic E-state index is 0.228. The molecule has 118 valence electrons. The Morgan fingerprint density at radius 3 is 2.57 bits per heavy atom. The van der Waals surface area contributed by atoms with E-state index in [1.54, 1.807) is 29.9 Å². The molecule has 0 saturated carbocycles. The molecule has 5 nitrogen and oxygen atoms in total. The van der Waals surface area contributed by atoms with Crippen LogP contribution in [0.5, 0.6) is 0 Å². The fourth-order valence-corrected chi connectivity index (χ4v) is 3.06. The molecule has 1 N–H and O–H groups in total. The van der Waals surface area contributed by atoms with Gasteiger partial charge in [-0.2, -0.15) is 5.10 Å². The average Bonchev–Trinajstić information content (AvgIpc) is 3.03. The van der Waals surface area contributed by atoms with Gasteiger partial charge in [-0.3, -0.25) is 14.8 Å². The van der Waals surface area contributed by atoms with Crippen molar-refractivity contribution in [1.29, 1.82) is 0 Å². The molecule has 3 aromatic rings. The normalized spacial score (nSPS) is 10.8. The van der Waals surface area contributed by atoms with Crippen LogP contribution in [0.4, 0.5) is 5.13 Å². The summed E-state index contributed by atoms with van der Waals surface area (Å²) in [7, 11) is 1.74. The number of nitrogens with one attached hydrogen (secondary N) is 1. The number of amides is 1. The molecule has 0 spiro atoms. The van der Waals surface area contributed by atoms with Crippen molar-refractivity contribution in [2.24, 2.45) is 7.05 Å². The number of carbonyl (C=O) groups is 1. The molecule has 0 atom stereocenters. The maximum absolute atomic E-state index is 12.4. The summed E-state index contributed by atoms with van der Waals surface area (Å²) in [5.41, 5.74) is 3.03. The van der Waals surface area contributed by atoms with Gasteiger partial charge in [-0.1, -0.05) is 23.7 Å². The number of benzene rings is 1. The number of thiazole rings is 1. The molecule has 1 aromatic carbocycles. The molecule has 2 heterocycles. The van der Waals surface area contributed by atoms with Crippen LogP contribution in [-0.2, 0) is 7.05 Å². The van der Waals surface area contributed by atoms with Crippen molar-refractivity contribution in [3.63, 3.8) is 0 Å². The quantitative estimate of drug-likeness (QED) is 0.777. The van der Waals surface area contributed by atoms with E-state index in [4.69, 9.17) is 11.6 Å². The molecule has 0 aliphatic heterocycles. The zero-order valence-electron chi connectivity index (χ0n) is 12.9. The third kappa shape index (κ3) is 3.28. The first-order valence-corrected chi connectivity index (χ1v) is 8.19. The number of aryl methyl sites for hydroxylation is 3. The van der Waals surface area contributed by atoms with Gasteiger partial charge in [-0.05, 0) is 32.0 Å². The van der Waals surface area contributed by atoms with E-state index in [2.05, 4.69) is 15.4 Å².